The molecule has 4 nitrogen and oxygen atoms in total. The van der Waals surface area contributed by atoms with Crippen molar-refractivity contribution in [3.05, 3.63) is 40.9 Å². The van der Waals surface area contributed by atoms with E-state index in [9.17, 15) is 4.79 Å². The summed E-state index contributed by atoms with van der Waals surface area (Å²) in [6.07, 6.45) is 5.13. The van der Waals surface area contributed by atoms with Gasteiger partial charge in [-0.1, -0.05) is 6.07 Å². The number of amides is 1. The molecule has 1 aliphatic carbocycles. The van der Waals surface area contributed by atoms with Crippen LogP contribution in [0.2, 0.25) is 0 Å². The second-order valence-electron chi connectivity index (χ2n) is 4.46. The van der Waals surface area contributed by atoms with Gasteiger partial charge in [0.2, 0.25) is 0 Å². The van der Waals surface area contributed by atoms with Crippen molar-refractivity contribution in [1.82, 2.24) is 4.98 Å². The van der Waals surface area contributed by atoms with Crippen molar-refractivity contribution in [2.75, 3.05) is 11.9 Å². The number of rotatable bonds is 4. The van der Waals surface area contributed by atoms with Crippen molar-refractivity contribution in [3.8, 4) is 5.75 Å². The number of benzene rings is 1. The molecule has 5 heteroatoms. The molecule has 19 heavy (non-hydrogen) atoms. The molecule has 2 aromatic rings. The van der Waals surface area contributed by atoms with Crippen LogP contribution in [0.5, 0.6) is 5.75 Å². The smallest absolute Gasteiger partial charge is 0.264 e. The van der Waals surface area contributed by atoms with E-state index in [4.69, 9.17) is 4.74 Å². The Labute approximate surface area is 115 Å². The fraction of sp³-hybridized carbons (Fsp3) is 0.286. The number of hydrogen-bond donors (Lipinski definition) is 1. The van der Waals surface area contributed by atoms with Gasteiger partial charge in [0.1, 0.15) is 5.75 Å². The number of ether oxygens (including phenoxy) is 1. The van der Waals surface area contributed by atoms with Crippen LogP contribution in [-0.4, -0.2) is 17.5 Å². The third-order valence-electron chi connectivity index (χ3n) is 3.12. The van der Waals surface area contributed by atoms with Crippen LogP contribution in [0.3, 0.4) is 0 Å². The average Bonchev–Trinajstić information content (AvgIpc) is 3.06. The minimum absolute atomic E-state index is 0.0123. The van der Waals surface area contributed by atoms with E-state index in [0.717, 1.165) is 18.6 Å². The fourth-order valence-corrected chi connectivity index (χ4v) is 2.77. The van der Waals surface area contributed by atoms with Crippen molar-refractivity contribution in [2.45, 2.75) is 19.3 Å². The van der Waals surface area contributed by atoms with Crippen molar-refractivity contribution in [3.63, 3.8) is 0 Å². The van der Waals surface area contributed by atoms with Crippen LogP contribution in [0.1, 0.15) is 17.5 Å². The van der Waals surface area contributed by atoms with Crippen molar-refractivity contribution in [2.24, 2.45) is 0 Å². The number of hydrogen-bond acceptors (Lipinski definition) is 4. The third kappa shape index (κ3) is 2.93. The Bertz CT molecular complexity index is 581. The molecule has 0 radical (unpaired) electrons. The first-order valence-electron chi connectivity index (χ1n) is 6.25. The second kappa shape index (κ2) is 5.40. The Morgan fingerprint density at radius 2 is 2.26 bits per heavy atom. The molecule has 0 bridgehead atoms. The van der Waals surface area contributed by atoms with E-state index in [0.29, 0.717) is 5.13 Å². The molecule has 0 spiro atoms. The molecule has 1 N–H and O–H groups in total. The first kappa shape index (κ1) is 12.2. The average molecular weight is 274 g/mol. The minimum atomic E-state index is -0.185. The van der Waals surface area contributed by atoms with Crippen LogP contribution in [0, 0.1) is 0 Å². The van der Waals surface area contributed by atoms with Gasteiger partial charge in [0.05, 0.1) is 0 Å². The topological polar surface area (TPSA) is 51.2 Å². The summed E-state index contributed by atoms with van der Waals surface area (Å²) >= 11 is 1.39. The Morgan fingerprint density at radius 3 is 3.11 bits per heavy atom. The maximum atomic E-state index is 11.6. The zero-order chi connectivity index (χ0) is 13.1. The molecule has 1 aromatic carbocycles. The first-order valence-corrected chi connectivity index (χ1v) is 7.13. The normalized spacial score (nSPS) is 13.1. The predicted molar refractivity (Wildman–Crippen MR) is 74.7 cm³/mol. The van der Waals surface area contributed by atoms with Gasteiger partial charge in [-0.25, -0.2) is 4.98 Å². The molecule has 1 aliphatic rings. The Morgan fingerprint density at radius 1 is 1.37 bits per heavy atom. The highest BCUT2D eigenvalue weighted by molar-refractivity contribution is 7.13. The summed E-state index contributed by atoms with van der Waals surface area (Å²) < 4.78 is 5.51. The number of thiazole rings is 1. The van der Waals surface area contributed by atoms with Crippen molar-refractivity contribution < 1.29 is 9.53 Å². The molecule has 0 aliphatic heterocycles. The highest BCUT2D eigenvalue weighted by Gasteiger charge is 2.12. The van der Waals surface area contributed by atoms with E-state index >= 15 is 0 Å². The van der Waals surface area contributed by atoms with E-state index in [1.807, 2.05) is 17.5 Å². The van der Waals surface area contributed by atoms with Gasteiger partial charge < -0.3 is 4.74 Å². The van der Waals surface area contributed by atoms with E-state index in [2.05, 4.69) is 16.4 Å². The lowest BCUT2D eigenvalue weighted by Gasteiger charge is -2.07. The molecule has 0 unspecified atom stereocenters. The molecule has 1 heterocycles. The first-order chi connectivity index (χ1) is 9.31. The summed E-state index contributed by atoms with van der Waals surface area (Å²) in [6.45, 7) is 0.0123. The van der Waals surface area contributed by atoms with Crippen molar-refractivity contribution >= 4 is 22.4 Å². The summed E-state index contributed by atoms with van der Waals surface area (Å²) in [5.74, 6) is 0.574. The molecule has 98 valence electrons. The van der Waals surface area contributed by atoms with Gasteiger partial charge in [0.15, 0.2) is 11.7 Å². The molecule has 0 saturated heterocycles. The minimum Gasteiger partial charge on any atom is -0.484 e. The number of carbonyl (C=O) groups excluding carboxylic acids is 1. The lowest BCUT2D eigenvalue weighted by molar-refractivity contribution is -0.118. The number of nitrogens with one attached hydrogen (secondary N) is 1. The summed E-state index contributed by atoms with van der Waals surface area (Å²) in [4.78, 5) is 15.6. The molecule has 1 amide bonds. The SMILES string of the molecule is O=C(COc1ccc2c(c1)CCC2)Nc1nccs1. The van der Waals surface area contributed by atoms with Gasteiger partial charge in [-0.3, -0.25) is 10.1 Å². The number of nitrogens with zero attached hydrogens (tertiary/aromatic N) is 1. The molecule has 0 atom stereocenters. The van der Waals surface area contributed by atoms with Crippen LogP contribution in [0.4, 0.5) is 5.13 Å². The third-order valence-corrected chi connectivity index (χ3v) is 3.81. The van der Waals surface area contributed by atoms with Gasteiger partial charge >= 0.3 is 0 Å². The molecule has 3 rings (SSSR count). The van der Waals surface area contributed by atoms with Crippen LogP contribution in [0.25, 0.3) is 0 Å². The predicted octanol–water partition coefficient (Wildman–Crippen LogP) is 2.65. The summed E-state index contributed by atoms with van der Waals surface area (Å²) in [5.41, 5.74) is 2.75. The Balaban J connectivity index is 1.56. The largest absolute Gasteiger partial charge is 0.484 e. The molecule has 0 saturated carbocycles. The van der Waals surface area contributed by atoms with Crippen LogP contribution in [0.15, 0.2) is 29.8 Å². The number of fused-ring (bicyclic) bond motifs is 1. The maximum absolute atomic E-state index is 11.6. The highest BCUT2D eigenvalue weighted by atomic mass is 32.1. The molecular weight excluding hydrogens is 260 g/mol. The molecular formula is C14H14N2O2S. The van der Waals surface area contributed by atoms with E-state index < -0.39 is 0 Å². The standard InChI is InChI=1S/C14H14N2O2S/c17-13(16-14-15-6-7-19-14)9-18-12-5-4-10-2-1-3-11(10)8-12/h4-8H,1-3,9H2,(H,15,16,17). The molecule has 1 aromatic heterocycles. The number of aryl methyl sites for hydroxylation is 2. The van der Waals surface area contributed by atoms with E-state index in [-0.39, 0.29) is 12.5 Å². The number of carbonyl (C=O) groups is 1. The zero-order valence-electron chi connectivity index (χ0n) is 10.4. The van der Waals surface area contributed by atoms with E-state index in [1.54, 1.807) is 6.20 Å². The number of aromatic nitrogens is 1. The zero-order valence-corrected chi connectivity index (χ0v) is 11.2. The monoisotopic (exact) mass is 274 g/mol. The van der Waals surface area contributed by atoms with Crippen LogP contribution >= 0.6 is 11.3 Å². The summed E-state index contributed by atoms with van der Waals surface area (Å²) in [7, 11) is 0. The summed E-state index contributed by atoms with van der Waals surface area (Å²) in [6, 6.07) is 6.07. The Hall–Kier alpha value is -1.88. The quantitative estimate of drug-likeness (QED) is 0.932. The van der Waals surface area contributed by atoms with Crippen LogP contribution < -0.4 is 10.1 Å². The highest BCUT2D eigenvalue weighted by Crippen LogP contribution is 2.25. The van der Waals surface area contributed by atoms with Gasteiger partial charge in [-0.15, -0.1) is 11.3 Å². The molecule has 0 fully saturated rings. The van der Waals surface area contributed by atoms with E-state index in [1.165, 1.54) is 28.9 Å². The van der Waals surface area contributed by atoms with Gasteiger partial charge in [0, 0.05) is 11.6 Å². The second-order valence-corrected chi connectivity index (χ2v) is 5.35. The van der Waals surface area contributed by atoms with Gasteiger partial charge in [-0.2, -0.15) is 0 Å². The lowest BCUT2D eigenvalue weighted by Crippen LogP contribution is -2.20. The van der Waals surface area contributed by atoms with Crippen molar-refractivity contribution in [1.29, 1.82) is 0 Å². The number of anilines is 1. The lowest BCUT2D eigenvalue weighted by atomic mass is 10.1. The summed E-state index contributed by atoms with van der Waals surface area (Å²) in [5, 5.41) is 5.10. The Kier molecular flexibility index (Phi) is 3.46. The fourth-order valence-electron chi connectivity index (χ4n) is 2.23. The van der Waals surface area contributed by atoms with Gasteiger partial charge in [0.25, 0.3) is 5.91 Å². The maximum Gasteiger partial charge on any atom is 0.264 e. The van der Waals surface area contributed by atoms with Crippen LogP contribution in [-0.2, 0) is 17.6 Å². The van der Waals surface area contributed by atoms with Gasteiger partial charge in [-0.05, 0) is 42.5 Å².